The molecule has 3 aromatic rings. The highest BCUT2D eigenvalue weighted by molar-refractivity contribution is 6.11. The molecule has 0 radical (unpaired) electrons. The zero-order chi connectivity index (χ0) is 27.9. The van der Waals surface area contributed by atoms with Gasteiger partial charge in [-0.2, -0.15) is 0 Å². The lowest BCUT2D eigenvalue weighted by Gasteiger charge is -2.37. The molecular formula is C32H37N3O4. The highest BCUT2D eigenvalue weighted by atomic mass is 16.4. The van der Waals surface area contributed by atoms with Crippen LogP contribution in [0.2, 0.25) is 0 Å². The Kier molecular flexibility index (Phi) is 9.15. The summed E-state index contributed by atoms with van der Waals surface area (Å²) in [5.74, 6) is -1.66. The van der Waals surface area contributed by atoms with Gasteiger partial charge >= 0.3 is 5.97 Å². The first-order valence-corrected chi connectivity index (χ1v) is 13.6. The molecule has 3 aromatic carbocycles. The molecule has 2 atom stereocenters. The van der Waals surface area contributed by atoms with Crippen LogP contribution in [-0.4, -0.2) is 40.4 Å². The van der Waals surface area contributed by atoms with Gasteiger partial charge in [-0.05, 0) is 68.5 Å². The molecule has 0 saturated heterocycles. The topological polar surface area (TPSA) is 104 Å². The normalized spacial score (nSPS) is 16.3. The Balaban J connectivity index is 1.92. The smallest absolute Gasteiger partial charge is 0.305 e. The minimum absolute atomic E-state index is 0.222. The van der Waals surface area contributed by atoms with Gasteiger partial charge in [0.15, 0.2) is 0 Å². The predicted molar refractivity (Wildman–Crippen MR) is 152 cm³/mol. The van der Waals surface area contributed by atoms with Crippen LogP contribution in [0.15, 0.2) is 78.9 Å². The molecule has 3 N–H and O–H groups in total. The summed E-state index contributed by atoms with van der Waals surface area (Å²) in [4.78, 5) is 44.4. The van der Waals surface area contributed by atoms with Crippen LogP contribution >= 0.6 is 0 Å². The summed E-state index contributed by atoms with van der Waals surface area (Å²) >= 11 is 0. The van der Waals surface area contributed by atoms with Crippen LogP contribution in [0.5, 0.6) is 0 Å². The van der Waals surface area contributed by atoms with Crippen LogP contribution in [0.4, 0.5) is 5.69 Å². The largest absolute Gasteiger partial charge is 0.481 e. The van der Waals surface area contributed by atoms with Gasteiger partial charge < -0.3 is 20.6 Å². The van der Waals surface area contributed by atoms with Crippen molar-refractivity contribution in [2.45, 2.75) is 64.1 Å². The van der Waals surface area contributed by atoms with E-state index in [-0.39, 0.29) is 24.3 Å². The standard InChI is InChI=1S/C32H37N3O4/c1-22(2)34-27-18-17-23(12-6-5-11-19-33)20-26(27)31(38)35(30(32(34)39)25-15-9-4-10-16-25)28(21-29(36)37)24-13-7-3-8-14-24/h3-4,7-10,13-18,20,22,28,30H,5-6,11-12,19,21,33H2,1-2H3,(H,36,37). The number of nitrogens with zero attached hydrogens (tertiary/aromatic N) is 2. The number of amides is 2. The van der Waals surface area contributed by atoms with Gasteiger partial charge in [0.1, 0.15) is 6.04 Å². The number of carboxylic acids is 1. The number of carbonyl (C=O) groups is 3. The molecule has 0 bridgehead atoms. The number of aliphatic carboxylic acids is 1. The van der Waals surface area contributed by atoms with Crippen molar-refractivity contribution >= 4 is 23.5 Å². The third-order valence-corrected chi connectivity index (χ3v) is 7.22. The Hall–Kier alpha value is -3.97. The zero-order valence-corrected chi connectivity index (χ0v) is 22.6. The average Bonchev–Trinajstić information content (AvgIpc) is 3.02. The number of hydrogen-bond acceptors (Lipinski definition) is 4. The molecule has 1 heterocycles. The van der Waals surface area contributed by atoms with Gasteiger partial charge in [0.25, 0.3) is 11.8 Å². The van der Waals surface area contributed by atoms with Gasteiger partial charge in [0.05, 0.1) is 23.7 Å². The first-order chi connectivity index (χ1) is 18.8. The number of aryl methyl sites for hydroxylation is 1. The molecule has 2 unspecified atom stereocenters. The van der Waals surface area contributed by atoms with Crippen LogP contribution in [-0.2, 0) is 16.0 Å². The van der Waals surface area contributed by atoms with E-state index in [1.165, 1.54) is 4.90 Å². The van der Waals surface area contributed by atoms with Gasteiger partial charge in [0, 0.05) is 6.04 Å². The van der Waals surface area contributed by atoms with E-state index in [1.807, 2.05) is 92.7 Å². The SMILES string of the molecule is CC(C)N1C(=O)C(c2ccccc2)N(C(CC(=O)O)c2ccccc2)C(=O)c2cc(CCCCCN)ccc21. The van der Waals surface area contributed by atoms with Crippen LogP contribution in [0, 0.1) is 0 Å². The Bertz CT molecular complexity index is 1290. The lowest BCUT2D eigenvalue weighted by molar-refractivity contribution is -0.139. The highest BCUT2D eigenvalue weighted by Gasteiger charge is 2.45. The fourth-order valence-corrected chi connectivity index (χ4v) is 5.41. The number of anilines is 1. The summed E-state index contributed by atoms with van der Waals surface area (Å²) in [7, 11) is 0. The van der Waals surface area contributed by atoms with E-state index < -0.39 is 18.1 Å². The number of rotatable bonds is 11. The van der Waals surface area contributed by atoms with Crippen molar-refractivity contribution in [3.05, 3.63) is 101 Å². The second-order valence-corrected chi connectivity index (χ2v) is 10.3. The van der Waals surface area contributed by atoms with Gasteiger partial charge in [-0.1, -0.05) is 73.2 Å². The molecule has 0 aliphatic carbocycles. The molecule has 0 aromatic heterocycles. The molecule has 4 rings (SSSR count). The number of fused-ring (bicyclic) bond motifs is 1. The van der Waals surface area contributed by atoms with E-state index in [9.17, 15) is 19.5 Å². The van der Waals surface area contributed by atoms with E-state index in [0.29, 0.717) is 28.9 Å². The first-order valence-electron chi connectivity index (χ1n) is 13.6. The third kappa shape index (κ3) is 6.20. The number of hydrogen-bond donors (Lipinski definition) is 2. The molecule has 39 heavy (non-hydrogen) atoms. The van der Waals surface area contributed by atoms with Gasteiger partial charge in [0.2, 0.25) is 0 Å². The van der Waals surface area contributed by atoms with Crippen molar-refractivity contribution in [3.63, 3.8) is 0 Å². The van der Waals surface area contributed by atoms with Crippen molar-refractivity contribution in [2.75, 3.05) is 11.4 Å². The molecule has 7 heteroatoms. The van der Waals surface area contributed by atoms with Crippen molar-refractivity contribution in [1.29, 1.82) is 0 Å². The maximum absolute atomic E-state index is 14.6. The Morgan fingerprint density at radius 2 is 1.59 bits per heavy atom. The average molecular weight is 528 g/mol. The van der Waals surface area contributed by atoms with Gasteiger partial charge in [-0.3, -0.25) is 14.4 Å². The van der Waals surface area contributed by atoms with Gasteiger partial charge in [-0.15, -0.1) is 0 Å². The molecule has 1 aliphatic heterocycles. The van der Waals surface area contributed by atoms with E-state index in [2.05, 4.69) is 0 Å². The predicted octanol–water partition coefficient (Wildman–Crippen LogP) is 5.51. The summed E-state index contributed by atoms with van der Waals surface area (Å²) in [6.07, 6.45) is 3.34. The number of benzene rings is 3. The lowest BCUT2D eigenvalue weighted by Crippen LogP contribution is -2.46. The second-order valence-electron chi connectivity index (χ2n) is 10.3. The molecule has 0 saturated carbocycles. The van der Waals surface area contributed by atoms with Crippen LogP contribution < -0.4 is 10.6 Å². The zero-order valence-electron chi connectivity index (χ0n) is 22.6. The number of nitrogens with two attached hydrogens (primary N) is 1. The van der Waals surface area contributed by atoms with Crippen molar-refractivity contribution in [2.24, 2.45) is 5.73 Å². The number of carboxylic acid groups (broad SMARTS) is 1. The van der Waals surface area contributed by atoms with Crippen molar-refractivity contribution in [3.8, 4) is 0 Å². The summed E-state index contributed by atoms with van der Waals surface area (Å²) in [6, 6.07) is 21.9. The Morgan fingerprint density at radius 1 is 0.923 bits per heavy atom. The van der Waals surface area contributed by atoms with Gasteiger partial charge in [-0.25, -0.2) is 0 Å². The number of carbonyl (C=O) groups excluding carboxylic acids is 2. The maximum Gasteiger partial charge on any atom is 0.305 e. The Labute approximate surface area is 230 Å². The van der Waals surface area contributed by atoms with Crippen LogP contribution in [0.25, 0.3) is 0 Å². The summed E-state index contributed by atoms with van der Waals surface area (Å²) in [5.41, 5.74) is 8.93. The Morgan fingerprint density at radius 3 is 2.21 bits per heavy atom. The third-order valence-electron chi connectivity index (χ3n) is 7.22. The summed E-state index contributed by atoms with van der Waals surface area (Å²) < 4.78 is 0. The lowest BCUT2D eigenvalue weighted by atomic mass is 9.95. The monoisotopic (exact) mass is 527 g/mol. The molecule has 7 nitrogen and oxygen atoms in total. The second kappa shape index (κ2) is 12.7. The highest BCUT2D eigenvalue weighted by Crippen LogP contribution is 2.42. The van der Waals surface area contributed by atoms with E-state index in [1.54, 1.807) is 4.90 Å². The molecule has 1 aliphatic rings. The van der Waals surface area contributed by atoms with E-state index in [4.69, 9.17) is 5.73 Å². The quantitative estimate of drug-likeness (QED) is 0.320. The fraction of sp³-hybridized carbons (Fsp3) is 0.344. The fourth-order valence-electron chi connectivity index (χ4n) is 5.41. The first kappa shape index (κ1) is 28.0. The molecule has 0 spiro atoms. The number of unbranched alkanes of at least 4 members (excludes halogenated alkanes) is 2. The maximum atomic E-state index is 14.6. The van der Waals surface area contributed by atoms with E-state index in [0.717, 1.165) is 31.2 Å². The summed E-state index contributed by atoms with van der Waals surface area (Å²) in [5, 5.41) is 9.93. The molecular weight excluding hydrogens is 490 g/mol. The molecule has 204 valence electrons. The van der Waals surface area contributed by atoms with Crippen LogP contribution in [0.1, 0.15) is 78.7 Å². The minimum Gasteiger partial charge on any atom is -0.481 e. The van der Waals surface area contributed by atoms with Crippen molar-refractivity contribution < 1.29 is 19.5 Å². The minimum atomic E-state index is -1.05. The summed E-state index contributed by atoms with van der Waals surface area (Å²) in [6.45, 7) is 4.50. The van der Waals surface area contributed by atoms with Crippen LogP contribution in [0.3, 0.4) is 0 Å². The molecule has 2 amide bonds. The van der Waals surface area contributed by atoms with E-state index >= 15 is 0 Å². The van der Waals surface area contributed by atoms with Crippen molar-refractivity contribution in [1.82, 2.24) is 4.90 Å². The molecule has 0 fully saturated rings.